The van der Waals surface area contributed by atoms with Gasteiger partial charge >= 0.3 is 0 Å². The second-order valence-electron chi connectivity index (χ2n) is 4.10. The maximum absolute atomic E-state index is 10.4. The zero-order valence-electron chi connectivity index (χ0n) is 9.83. The minimum atomic E-state index is -0.651. The van der Waals surface area contributed by atoms with E-state index >= 15 is 0 Å². The van der Waals surface area contributed by atoms with Crippen molar-refractivity contribution >= 4 is 15.9 Å². The van der Waals surface area contributed by atoms with Crippen molar-refractivity contribution in [2.45, 2.75) is 12.0 Å². The number of aromatic nitrogens is 1. The van der Waals surface area contributed by atoms with Crippen LogP contribution < -0.4 is 5.73 Å². The fourth-order valence-corrected chi connectivity index (χ4v) is 2.35. The van der Waals surface area contributed by atoms with Gasteiger partial charge in [0.25, 0.3) is 0 Å². The molecule has 0 saturated carbocycles. The normalized spacial score (nSPS) is 14.2. The molecule has 0 saturated heterocycles. The SMILES string of the molecule is NCC(c1ccccn1)C(O)c1cccc(Br)c1. The average Bonchev–Trinajstić information content (AvgIpc) is 2.41. The molecule has 0 spiro atoms. The van der Waals surface area contributed by atoms with Gasteiger partial charge in [0.2, 0.25) is 0 Å². The van der Waals surface area contributed by atoms with Crippen molar-refractivity contribution in [2.24, 2.45) is 5.73 Å². The third-order valence-electron chi connectivity index (χ3n) is 2.89. The summed E-state index contributed by atoms with van der Waals surface area (Å²) in [5.74, 6) is -0.194. The monoisotopic (exact) mass is 306 g/mol. The fourth-order valence-electron chi connectivity index (χ4n) is 1.93. The predicted molar refractivity (Wildman–Crippen MR) is 75.1 cm³/mol. The predicted octanol–water partition coefficient (Wildman–Crippen LogP) is 2.62. The Balaban J connectivity index is 2.28. The third kappa shape index (κ3) is 2.96. The van der Waals surface area contributed by atoms with Gasteiger partial charge in [-0.2, -0.15) is 0 Å². The number of nitrogens with two attached hydrogens (primary N) is 1. The molecule has 1 aromatic carbocycles. The van der Waals surface area contributed by atoms with E-state index in [9.17, 15) is 5.11 Å². The maximum atomic E-state index is 10.4. The number of hydrogen-bond acceptors (Lipinski definition) is 3. The van der Waals surface area contributed by atoms with Gasteiger partial charge in [0.05, 0.1) is 6.10 Å². The van der Waals surface area contributed by atoms with E-state index < -0.39 is 6.10 Å². The largest absolute Gasteiger partial charge is 0.388 e. The smallest absolute Gasteiger partial charge is 0.0886 e. The van der Waals surface area contributed by atoms with E-state index in [2.05, 4.69) is 20.9 Å². The molecule has 1 aromatic heterocycles. The van der Waals surface area contributed by atoms with Crippen molar-refractivity contribution in [1.82, 2.24) is 4.98 Å². The van der Waals surface area contributed by atoms with Crippen molar-refractivity contribution in [3.63, 3.8) is 0 Å². The zero-order valence-corrected chi connectivity index (χ0v) is 11.4. The van der Waals surface area contributed by atoms with Crippen LogP contribution in [0.4, 0.5) is 0 Å². The molecule has 0 fully saturated rings. The highest BCUT2D eigenvalue weighted by molar-refractivity contribution is 9.10. The van der Waals surface area contributed by atoms with Gasteiger partial charge in [0.1, 0.15) is 0 Å². The van der Waals surface area contributed by atoms with Gasteiger partial charge in [-0.25, -0.2) is 0 Å². The Hall–Kier alpha value is -1.23. The van der Waals surface area contributed by atoms with Crippen molar-refractivity contribution in [3.05, 3.63) is 64.4 Å². The lowest BCUT2D eigenvalue weighted by Gasteiger charge is -2.21. The molecule has 18 heavy (non-hydrogen) atoms. The van der Waals surface area contributed by atoms with Crippen LogP contribution in [0.3, 0.4) is 0 Å². The van der Waals surface area contributed by atoms with E-state index in [0.29, 0.717) is 6.54 Å². The van der Waals surface area contributed by atoms with Crippen LogP contribution in [-0.2, 0) is 0 Å². The Bertz CT molecular complexity index is 504. The van der Waals surface area contributed by atoms with Crippen LogP contribution in [0.15, 0.2) is 53.1 Å². The summed E-state index contributed by atoms with van der Waals surface area (Å²) in [7, 11) is 0. The van der Waals surface area contributed by atoms with Gasteiger partial charge < -0.3 is 10.8 Å². The summed E-state index contributed by atoms with van der Waals surface area (Å²) >= 11 is 3.40. The Morgan fingerprint density at radius 2 is 2.06 bits per heavy atom. The Morgan fingerprint density at radius 3 is 2.67 bits per heavy atom. The molecule has 0 amide bonds. The first kappa shape index (κ1) is 13.2. The summed E-state index contributed by atoms with van der Waals surface area (Å²) in [6.45, 7) is 0.352. The summed E-state index contributed by atoms with van der Waals surface area (Å²) in [5.41, 5.74) is 7.42. The Morgan fingerprint density at radius 1 is 1.22 bits per heavy atom. The molecular formula is C14H15BrN2O. The van der Waals surface area contributed by atoms with Crippen molar-refractivity contribution in [2.75, 3.05) is 6.54 Å². The minimum absolute atomic E-state index is 0.194. The quantitative estimate of drug-likeness (QED) is 0.913. The number of hydrogen-bond donors (Lipinski definition) is 2. The third-order valence-corrected chi connectivity index (χ3v) is 3.39. The van der Waals surface area contributed by atoms with E-state index in [1.165, 1.54) is 0 Å². The van der Waals surface area contributed by atoms with Crippen LogP contribution in [0.25, 0.3) is 0 Å². The lowest BCUT2D eigenvalue weighted by molar-refractivity contribution is 0.145. The molecule has 0 radical (unpaired) electrons. The molecule has 4 heteroatoms. The summed E-state index contributed by atoms with van der Waals surface area (Å²) in [6.07, 6.45) is 1.06. The summed E-state index contributed by atoms with van der Waals surface area (Å²) in [6, 6.07) is 13.3. The van der Waals surface area contributed by atoms with Gasteiger partial charge in [-0.15, -0.1) is 0 Å². The molecule has 3 nitrogen and oxygen atoms in total. The number of benzene rings is 1. The van der Waals surface area contributed by atoms with Crippen LogP contribution in [0.2, 0.25) is 0 Å². The first-order valence-electron chi connectivity index (χ1n) is 5.77. The number of pyridine rings is 1. The van der Waals surface area contributed by atoms with E-state index in [1.54, 1.807) is 6.20 Å². The van der Waals surface area contributed by atoms with Gasteiger partial charge in [0.15, 0.2) is 0 Å². The van der Waals surface area contributed by atoms with E-state index in [1.807, 2.05) is 42.5 Å². The Labute approximate surface area is 115 Å². The highest BCUT2D eigenvalue weighted by Crippen LogP contribution is 2.30. The lowest BCUT2D eigenvalue weighted by atomic mass is 9.92. The number of nitrogens with zero attached hydrogens (tertiary/aromatic N) is 1. The highest BCUT2D eigenvalue weighted by atomic mass is 79.9. The zero-order chi connectivity index (χ0) is 13.0. The van der Waals surface area contributed by atoms with Gasteiger partial charge in [-0.05, 0) is 29.8 Å². The lowest BCUT2D eigenvalue weighted by Crippen LogP contribution is -2.21. The average molecular weight is 307 g/mol. The van der Waals surface area contributed by atoms with E-state index in [0.717, 1.165) is 15.7 Å². The second kappa shape index (κ2) is 6.09. The van der Waals surface area contributed by atoms with Gasteiger partial charge in [0, 0.05) is 28.8 Å². The molecule has 2 unspecified atom stereocenters. The van der Waals surface area contributed by atoms with Crippen molar-refractivity contribution < 1.29 is 5.11 Å². The first-order valence-corrected chi connectivity index (χ1v) is 6.56. The van der Waals surface area contributed by atoms with E-state index in [-0.39, 0.29) is 5.92 Å². The number of halogens is 1. The molecule has 0 bridgehead atoms. The minimum Gasteiger partial charge on any atom is -0.388 e. The van der Waals surface area contributed by atoms with Crippen LogP contribution in [-0.4, -0.2) is 16.6 Å². The topological polar surface area (TPSA) is 59.1 Å². The molecule has 0 aliphatic carbocycles. The second-order valence-corrected chi connectivity index (χ2v) is 5.01. The number of aliphatic hydroxyl groups is 1. The maximum Gasteiger partial charge on any atom is 0.0886 e. The molecule has 1 heterocycles. The number of rotatable bonds is 4. The molecule has 0 aliphatic heterocycles. The summed E-state index contributed by atoms with van der Waals surface area (Å²) in [4.78, 5) is 4.27. The van der Waals surface area contributed by atoms with Crippen LogP contribution in [0, 0.1) is 0 Å². The summed E-state index contributed by atoms with van der Waals surface area (Å²) < 4.78 is 0.941. The molecule has 2 aromatic rings. The molecule has 0 aliphatic rings. The highest BCUT2D eigenvalue weighted by Gasteiger charge is 2.22. The van der Waals surface area contributed by atoms with Crippen LogP contribution >= 0.6 is 15.9 Å². The molecule has 2 atom stereocenters. The van der Waals surface area contributed by atoms with Crippen molar-refractivity contribution in [3.8, 4) is 0 Å². The first-order chi connectivity index (χ1) is 8.72. The van der Waals surface area contributed by atoms with Crippen molar-refractivity contribution in [1.29, 1.82) is 0 Å². The summed E-state index contributed by atoms with van der Waals surface area (Å²) in [5, 5.41) is 10.4. The van der Waals surface area contributed by atoms with E-state index in [4.69, 9.17) is 5.73 Å². The molecule has 2 rings (SSSR count). The number of aliphatic hydroxyl groups excluding tert-OH is 1. The molecule has 3 N–H and O–H groups in total. The van der Waals surface area contributed by atoms with Crippen LogP contribution in [0.5, 0.6) is 0 Å². The van der Waals surface area contributed by atoms with Gasteiger partial charge in [-0.1, -0.05) is 34.1 Å². The standard InChI is InChI=1S/C14H15BrN2O/c15-11-5-3-4-10(8-11)14(18)12(9-16)13-6-1-2-7-17-13/h1-8,12,14,18H,9,16H2. The molecular weight excluding hydrogens is 292 g/mol. The molecule has 94 valence electrons. The van der Waals surface area contributed by atoms with Crippen LogP contribution in [0.1, 0.15) is 23.3 Å². The Kier molecular flexibility index (Phi) is 4.47. The fraction of sp³-hybridized carbons (Fsp3) is 0.214. The van der Waals surface area contributed by atoms with Gasteiger partial charge in [-0.3, -0.25) is 4.98 Å².